The summed E-state index contributed by atoms with van der Waals surface area (Å²) in [6, 6.07) is 3.58. The number of carbonyl (C=O) groups excluding carboxylic acids is 2. The Morgan fingerprint density at radius 2 is 2.29 bits per heavy atom. The zero-order chi connectivity index (χ0) is 10.4. The summed E-state index contributed by atoms with van der Waals surface area (Å²) < 4.78 is 0. The fourth-order valence-electron chi connectivity index (χ4n) is 1.06. The SMILES string of the molecule is CNC(=O)CC(=O)Cc1cccnc1. The summed E-state index contributed by atoms with van der Waals surface area (Å²) in [5, 5.41) is 2.41. The number of nitrogens with zero attached hydrogens (tertiary/aromatic N) is 1. The van der Waals surface area contributed by atoms with Gasteiger partial charge >= 0.3 is 0 Å². The Hall–Kier alpha value is -1.71. The van der Waals surface area contributed by atoms with Gasteiger partial charge in [-0.15, -0.1) is 0 Å². The highest BCUT2D eigenvalue weighted by Gasteiger charge is 2.08. The number of rotatable bonds is 4. The third-order valence-corrected chi connectivity index (χ3v) is 1.76. The number of carbonyl (C=O) groups is 2. The highest BCUT2D eigenvalue weighted by Crippen LogP contribution is 1.99. The Morgan fingerprint density at radius 3 is 2.86 bits per heavy atom. The second-order valence-electron chi connectivity index (χ2n) is 2.93. The van der Waals surface area contributed by atoms with E-state index < -0.39 is 0 Å². The van der Waals surface area contributed by atoms with E-state index in [0.29, 0.717) is 0 Å². The number of amides is 1. The van der Waals surface area contributed by atoms with Gasteiger partial charge in [0.05, 0.1) is 6.42 Å². The Balaban J connectivity index is 2.46. The Kier molecular flexibility index (Phi) is 3.79. The summed E-state index contributed by atoms with van der Waals surface area (Å²) in [6.45, 7) is 0. The molecule has 4 nitrogen and oxygen atoms in total. The van der Waals surface area contributed by atoms with Gasteiger partial charge in [-0.3, -0.25) is 14.6 Å². The molecule has 4 heteroatoms. The molecule has 0 aliphatic rings. The third-order valence-electron chi connectivity index (χ3n) is 1.76. The number of ketones is 1. The van der Waals surface area contributed by atoms with Crippen LogP contribution >= 0.6 is 0 Å². The minimum Gasteiger partial charge on any atom is -0.359 e. The molecule has 0 bridgehead atoms. The number of aromatic nitrogens is 1. The van der Waals surface area contributed by atoms with Crippen LogP contribution < -0.4 is 5.32 Å². The average molecular weight is 192 g/mol. The van der Waals surface area contributed by atoms with E-state index in [4.69, 9.17) is 0 Å². The van der Waals surface area contributed by atoms with Crippen molar-refractivity contribution in [2.45, 2.75) is 12.8 Å². The smallest absolute Gasteiger partial charge is 0.227 e. The molecule has 1 aromatic heterocycles. The number of hydrogen-bond donors (Lipinski definition) is 1. The average Bonchev–Trinajstić information content (AvgIpc) is 2.19. The van der Waals surface area contributed by atoms with Gasteiger partial charge in [0.2, 0.25) is 5.91 Å². The van der Waals surface area contributed by atoms with E-state index in [-0.39, 0.29) is 24.5 Å². The standard InChI is InChI=1S/C10H12N2O2/c1-11-10(14)6-9(13)5-8-3-2-4-12-7-8/h2-4,7H,5-6H2,1H3,(H,11,14). The van der Waals surface area contributed by atoms with Gasteiger partial charge in [0.15, 0.2) is 0 Å². The van der Waals surface area contributed by atoms with E-state index in [0.717, 1.165) is 5.56 Å². The van der Waals surface area contributed by atoms with E-state index in [1.54, 1.807) is 18.5 Å². The lowest BCUT2D eigenvalue weighted by Crippen LogP contribution is -2.22. The van der Waals surface area contributed by atoms with Crippen LogP contribution in [0, 0.1) is 0 Å². The van der Waals surface area contributed by atoms with Crippen LogP contribution in [0.2, 0.25) is 0 Å². The van der Waals surface area contributed by atoms with Gasteiger partial charge in [-0.2, -0.15) is 0 Å². The van der Waals surface area contributed by atoms with Crippen molar-refractivity contribution in [1.29, 1.82) is 0 Å². The molecule has 0 aliphatic heterocycles. The molecule has 0 atom stereocenters. The molecule has 0 saturated carbocycles. The van der Waals surface area contributed by atoms with Crippen LogP contribution in [0.15, 0.2) is 24.5 Å². The van der Waals surface area contributed by atoms with Crippen molar-refractivity contribution in [1.82, 2.24) is 10.3 Å². The summed E-state index contributed by atoms with van der Waals surface area (Å²) >= 11 is 0. The summed E-state index contributed by atoms with van der Waals surface area (Å²) in [6.07, 6.45) is 3.47. The van der Waals surface area contributed by atoms with Crippen molar-refractivity contribution in [3.05, 3.63) is 30.1 Å². The van der Waals surface area contributed by atoms with Crippen LogP contribution in [0.3, 0.4) is 0 Å². The first kappa shape index (κ1) is 10.4. The van der Waals surface area contributed by atoms with Gasteiger partial charge in [-0.25, -0.2) is 0 Å². The lowest BCUT2D eigenvalue weighted by Gasteiger charge is -1.99. The molecule has 74 valence electrons. The van der Waals surface area contributed by atoms with Gasteiger partial charge in [0.1, 0.15) is 5.78 Å². The Morgan fingerprint density at radius 1 is 1.50 bits per heavy atom. The predicted octanol–water partition coefficient (Wildman–Crippen LogP) is 0.329. The fourth-order valence-corrected chi connectivity index (χ4v) is 1.06. The molecule has 1 amide bonds. The zero-order valence-electron chi connectivity index (χ0n) is 7.99. The van der Waals surface area contributed by atoms with E-state index in [1.165, 1.54) is 7.05 Å². The van der Waals surface area contributed by atoms with Gasteiger partial charge in [-0.05, 0) is 11.6 Å². The number of pyridine rings is 1. The van der Waals surface area contributed by atoms with Crippen LogP contribution in [-0.2, 0) is 16.0 Å². The normalized spacial score (nSPS) is 9.50. The summed E-state index contributed by atoms with van der Waals surface area (Å²) in [4.78, 5) is 26.0. The van der Waals surface area contributed by atoms with Crippen LogP contribution in [0.4, 0.5) is 0 Å². The molecule has 1 heterocycles. The molecule has 1 aromatic rings. The van der Waals surface area contributed by atoms with Crippen LogP contribution in [-0.4, -0.2) is 23.7 Å². The maximum Gasteiger partial charge on any atom is 0.227 e. The van der Waals surface area contributed by atoms with Crippen molar-refractivity contribution in [2.24, 2.45) is 0 Å². The molecule has 1 N–H and O–H groups in total. The molecular weight excluding hydrogens is 180 g/mol. The van der Waals surface area contributed by atoms with Crippen molar-refractivity contribution in [3.63, 3.8) is 0 Å². The van der Waals surface area contributed by atoms with E-state index >= 15 is 0 Å². The van der Waals surface area contributed by atoms with Gasteiger partial charge in [0, 0.05) is 25.9 Å². The van der Waals surface area contributed by atoms with Crippen LogP contribution in [0.25, 0.3) is 0 Å². The quantitative estimate of drug-likeness (QED) is 0.699. The van der Waals surface area contributed by atoms with Gasteiger partial charge in [-0.1, -0.05) is 6.07 Å². The zero-order valence-corrected chi connectivity index (χ0v) is 7.99. The summed E-state index contributed by atoms with van der Waals surface area (Å²) in [7, 11) is 1.51. The van der Waals surface area contributed by atoms with Crippen molar-refractivity contribution in [2.75, 3.05) is 7.05 Å². The van der Waals surface area contributed by atoms with Crippen molar-refractivity contribution in [3.8, 4) is 0 Å². The number of Topliss-reactive ketones (excluding diaryl/α,β-unsaturated/α-hetero) is 1. The Bertz CT molecular complexity index is 322. The maximum absolute atomic E-state index is 11.3. The summed E-state index contributed by atoms with van der Waals surface area (Å²) in [5.41, 5.74) is 0.835. The first-order valence-corrected chi connectivity index (χ1v) is 4.33. The highest BCUT2D eigenvalue weighted by atomic mass is 16.2. The molecule has 0 radical (unpaired) electrons. The van der Waals surface area contributed by atoms with E-state index in [1.807, 2.05) is 6.07 Å². The van der Waals surface area contributed by atoms with Gasteiger partial charge < -0.3 is 5.32 Å². The molecule has 1 rings (SSSR count). The largest absolute Gasteiger partial charge is 0.359 e. The third kappa shape index (κ3) is 3.35. The molecule has 0 aromatic carbocycles. The summed E-state index contributed by atoms with van der Waals surface area (Å²) in [5.74, 6) is -0.351. The lowest BCUT2D eigenvalue weighted by molar-refractivity contribution is -0.127. The fraction of sp³-hybridized carbons (Fsp3) is 0.300. The molecule has 0 aliphatic carbocycles. The maximum atomic E-state index is 11.3. The van der Waals surface area contributed by atoms with Crippen molar-refractivity contribution >= 4 is 11.7 Å². The molecule has 0 spiro atoms. The monoisotopic (exact) mass is 192 g/mol. The second-order valence-corrected chi connectivity index (χ2v) is 2.93. The minimum atomic E-state index is -0.251. The minimum absolute atomic E-state index is 0.0641. The van der Waals surface area contributed by atoms with Gasteiger partial charge in [0.25, 0.3) is 0 Å². The number of nitrogens with one attached hydrogen (secondary N) is 1. The first-order valence-electron chi connectivity index (χ1n) is 4.33. The first-order chi connectivity index (χ1) is 6.72. The predicted molar refractivity (Wildman–Crippen MR) is 51.6 cm³/mol. The lowest BCUT2D eigenvalue weighted by atomic mass is 10.1. The van der Waals surface area contributed by atoms with Crippen LogP contribution in [0.1, 0.15) is 12.0 Å². The molecule has 0 unspecified atom stereocenters. The Labute approximate surface area is 82.3 Å². The highest BCUT2D eigenvalue weighted by molar-refractivity contribution is 5.98. The molecular formula is C10H12N2O2. The number of hydrogen-bond acceptors (Lipinski definition) is 3. The second kappa shape index (κ2) is 5.11. The van der Waals surface area contributed by atoms with E-state index in [2.05, 4.69) is 10.3 Å². The topological polar surface area (TPSA) is 59.1 Å². The molecule has 0 fully saturated rings. The van der Waals surface area contributed by atoms with Crippen molar-refractivity contribution < 1.29 is 9.59 Å². The van der Waals surface area contributed by atoms with Crippen LogP contribution in [0.5, 0.6) is 0 Å². The van der Waals surface area contributed by atoms with E-state index in [9.17, 15) is 9.59 Å². The molecule has 14 heavy (non-hydrogen) atoms. The molecule has 0 saturated heterocycles.